The molecular weight excluding hydrogens is 723 g/mol. The number of imidazole rings is 1. The smallest absolute Gasteiger partial charge is 0.469 e. The Hall–Kier alpha value is -4.43. The van der Waals surface area contributed by atoms with Gasteiger partial charge < -0.3 is 56.1 Å². The summed E-state index contributed by atoms with van der Waals surface area (Å²) in [4.78, 5) is 119. The molecule has 0 saturated carbocycles. The van der Waals surface area contributed by atoms with Gasteiger partial charge >= 0.3 is 13.8 Å². The number of rotatable bonds is 18. The molecular formula is C31H49N8O13P. The van der Waals surface area contributed by atoms with E-state index in [0.717, 1.165) is 11.8 Å². The van der Waals surface area contributed by atoms with E-state index in [4.69, 9.17) is 9.79 Å². The van der Waals surface area contributed by atoms with Gasteiger partial charge in [-0.05, 0) is 44.9 Å². The van der Waals surface area contributed by atoms with E-state index in [-0.39, 0.29) is 44.1 Å². The zero-order valence-corrected chi connectivity index (χ0v) is 30.8. The molecule has 1 aromatic heterocycles. The lowest BCUT2D eigenvalue weighted by Gasteiger charge is -2.30. The number of carboxylic acid groups (broad SMARTS) is 1. The molecule has 296 valence electrons. The minimum atomic E-state index is -5.12. The maximum Gasteiger partial charge on any atom is 0.469 e. The molecule has 2 aliphatic rings. The molecule has 21 nitrogen and oxygen atoms in total. The molecule has 0 radical (unpaired) electrons. The topological polar surface area (TPSA) is 310 Å². The number of H-pyrrole nitrogens is 1. The van der Waals surface area contributed by atoms with E-state index in [1.165, 1.54) is 24.3 Å². The molecule has 7 atom stereocenters. The number of aromatic nitrogens is 2. The molecule has 0 aliphatic carbocycles. The fourth-order valence-electron chi connectivity index (χ4n) is 6.35. The molecule has 0 bridgehead atoms. The molecule has 3 rings (SSSR count). The predicted octanol–water partition coefficient (Wildman–Crippen LogP) is -2.49. The second-order valence-electron chi connectivity index (χ2n) is 13.5. The summed E-state index contributed by atoms with van der Waals surface area (Å²) >= 11 is 0. The molecule has 9 N–H and O–H groups in total. The van der Waals surface area contributed by atoms with Crippen LogP contribution in [0.15, 0.2) is 12.5 Å². The quantitative estimate of drug-likeness (QED) is 0.0698. The number of phosphoric acid groups is 1. The highest BCUT2D eigenvalue weighted by Gasteiger charge is 2.41. The van der Waals surface area contributed by atoms with Crippen molar-refractivity contribution in [2.75, 3.05) is 19.7 Å². The number of aliphatic carboxylic acids is 1. The van der Waals surface area contributed by atoms with Gasteiger partial charge in [0, 0.05) is 38.3 Å². The summed E-state index contributed by atoms with van der Waals surface area (Å²) in [6, 6.07) is -7.99. The van der Waals surface area contributed by atoms with Crippen molar-refractivity contribution >= 4 is 49.2 Å². The van der Waals surface area contributed by atoms with Crippen LogP contribution in [0.5, 0.6) is 0 Å². The number of aliphatic hydroxyl groups excluding tert-OH is 1. The van der Waals surface area contributed by atoms with Gasteiger partial charge in [-0.25, -0.2) is 14.3 Å². The number of amides is 6. The lowest BCUT2D eigenvalue weighted by molar-refractivity contribution is -0.147. The second-order valence-corrected chi connectivity index (χ2v) is 14.7. The van der Waals surface area contributed by atoms with Gasteiger partial charge in [-0.3, -0.25) is 33.3 Å². The zero-order chi connectivity index (χ0) is 39.6. The lowest BCUT2D eigenvalue weighted by Crippen LogP contribution is -2.60. The minimum Gasteiger partial charge on any atom is -0.480 e. The molecule has 2 aliphatic heterocycles. The molecule has 0 unspecified atom stereocenters. The summed E-state index contributed by atoms with van der Waals surface area (Å²) in [5.41, 5.74) is 0.422. The SMILES string of the molecule is CC(=O)N1CCC[C@H]1C(=O)N[C@@H](CC(C)C)C(=O)N[C@@H](Cc1cnc[nH]1)C(=O)N[C@@H](CO)C(=O)N1CCC[C@H]1C(=O)N[C@H](C(=O)O)[C@@H](C)OP(=O)(O)O. The van der Waals surface area contributed by atoms with E-state index in [9.17, 15) is 48.3 Å². The fourth-order valence-corrected chi connectivity index (χ4v) is 6.91. The highest BCUT2D eigenvalue weighted by Crippen LogP contribution is 2.38. The van der Waals surface area contributed by atoms with Crippen LogP contribution in [0, 0.1) is 5.92 Å². The number of aromatic amines is 1. The molecule has 0 aromatic carbocycles. The fraction of sp³-hybridized carbons (Fsp3) is 0.677. The average molecular weight is 773 g/mol. The van der Waals surface area contributed by atoms with Crippen molar-refractivity contribution < 1.29 is 62.7 Å². The number of likely N-dealkylation sites (tertiary alicyclic amines) is 2. The standard InChI is InChI=1S/C31H49N8O13P/c1-16(2)11-20(35-28(44)23-7-5-9-38(23)18(4)41)26(42)34-21(12-19-13-32-15-33-19)27(43)36-22(14-40)30(46)39-10-6-8-24(39)29(45)37-25(31(47)48)17(3)52-53(49,50)51/h13,15-17,20-25,40H,5-12,14H2,1-4H3,(H,32,33)(H,34,42)(H,35,44)(H,36,43)(H,37,45)(H,47,48)(H2,49,50,51)/t17-,20+,21+,22+,23+,24+,25+/m1/s1. The lowest BCUT2D eigenvalue weighted by atomic mass is 10.0. The summed E-state index contributed by atoms with van der Waals surface area (Å²) in [6.07, 6.45) is 2.53. The maximum atomic E-state index is 13.7. The van der Waals surface area contributed by atoms with Crippen LogP contribution >= 0.6 is 7.82 Å². The van der Waals surface area contributed by atoms with Crippen LogP contribution in [0.25, 0.3) is 0 Å². The van der Waals surface area contributed by atoms with E-state index in [1.54, 1.807) is 0 Å². The van der Waals surface area contributed by atoms with Crippen LogP contribution < -0.4 is 21.3 Å². The second kappa shape index (κ2) is 19.1. The molecule has 3 heterocycles. The molecule has 2 fully saturated rings. The van der Waals surface area contributed by atoms with Gasteiger partial charge in [0.2, 0.25) is 35.4 Å². The minimum absolute atomic E-state index is 0.0114. The number of nitrogens with one attached hydrogen (secondary N) is 5. The van der Waals surface area contributed by atoms with Crippen LogP contribution in [0.3, 0.4) is 0 Å². The Bertz CT molecular complexity index is 1540. The summed E-state index contributed by atoms with van der Waals surface area (Å²) in [5, 5.41) is 29.6. The Morgan fingerprint density at radius 3 is 2.00 bits per heavy atom. The van der Waals surface area contributed by atoms with Crippen LogP contribution in [0.2, 0.25) is 0 Å². The third-order valence-electron chi connectivity index (χ3n) is 8.88. The van der Waals surface area contributed by atoms with Crippen LogP contribution in [-0.2, 0) is 49.1 Å². The first kappa shape index (κ1) is 43.0. The number of aliphatic hydroxyl groups is 1. The monoisotopic (exact) mass is 772 g/mol. The first-order valence-electron chi connectivity index (χ1n) is 17.2. The third-order valence-corrected chi connectivity index (χ3v) is 9.49. The number of carbonyl (C=O) groups is 7. The van der Waals surface area contributed by atoms with Crippen molar-refractivity contribution in [2.45, 2.75) is 109 Å². The van der Waals surface area contributed by atoms with Crippen molar-refractivity contribution in [2.24, 2.45) is 5.92 Å². The van der Waals surface area contributed by atoms with Gasteiger partial charge in [-0.15, -0.1) is 0 Å². The van der Waals surface area contributed by atoms with Crippen molar-refractivity contribution in [3.05, 3.63) is 18.2 Å². The first-order valence-corrected chi connectivity index (χ1v) is 18.7. The Kier molecular flexibility index (Phi) is 15.5. The summed E-state index contributed by atoms with van der Waals surface area (Å²) in [5.74, 6) is -6.01. The highest BCUT2D eigenvalue weighted by molar-refractivity contribution is 7.46. The highest BCUT2D eigenvalue weighted by atomic mass is 31.2. The van der Waals surface area contributed by atoms with Gasteiger partial charge in [-0.2, -0.15) is 0 Å². The van der Waals surface area contributed by atoms with Crippen molar-refractivity contribution in [1.29, 1.82) is 0 Å². The zero-order valence-electron chi connectivity index (χ0n) is 29.9. The van der Waals surface area contributed by atoms with Gasteiger partial charge in [-0.1, -0.05) is 13.8 Å². The van der Waals surface area contributed by atoms with Crippen molar-refractivity contribution in [3.63, 3.8) is 0 Å². The van der Waals surface area contributed by atoms with Crippen molar-refractivity contribution in [3.8, 4) is 0 Å². The Labute approximate surface area is 305 Å². The van der Waals surface area contributed by atoms with E-state index >= 15 is 0 Å². The molecule has 0 spiro atoms. The van der Waals surface area contributed by atoms with E-state index in [1.807, 2.05) is 13.8 Å². The predicted molar refractivity (Wildman–Crippen MR) is 182 cm³/mol. The first-order chi connectivity index (χ1) is 24.8. The Balaban J connectivity index is 1.76. The summed E-state index contributed by atoms with van der Waals surface area (Å²) < 4.78 is 15.7. The maximum absolute atomic E-state index is 13.7. The van der Waals surface area contributed by atoms with E-state index in [2.05, 4.69) is 35.8 Å². The Morgan fingerprint density at radius 1 is 0.906 bits per heavy atom. The number of hydrogen-bond donors (Lipinski definition) is 9. The van der Waals surface area contributed by atoms with Crippen LogP contribution in [-0.4, -0.2) is 143 Å². The molecule has 22 heteroatoms. The molecule has 2 saturated heterocycles. The van der Waals surface area contributed by atoms with E-state index in [0.29, 0.717) is 25.1 Å². The van der Waals surface area contributed by atoms with Crippen LogP contribution in [0.4, 0.5) is 0 Å². The Morgan fingerprint density at radius 2 is 1.47 bits per heavy atom. The molecule has 1 aromatic rings. The number of phosphoric ester groups is 1. The van der Waals surface area contributed by atoms with Gasteiger partial charge in [0.05, 0.1) is 19.0 Å². The van der Waals surface area contributed by atoms with Crippen LogP contribution in [0.1, 0.15) is 65.5 Å². The van der Waals surface area contributed by atoms with Gasteiger partial charge in [0.25, 0.3) is 0 Å². The normalized spacial score (nSPS) is 20.2. The number of carboxylic acids is 1. The number of carbonyl (C=O) groups excluding carboxylic acids is 6. The van der Waals surface area contributed by atoms with Gasteiger partial charge in [0.15, 0.2) is 6.04 Å². The largest absolute Gasteiger partial charge is 0.480 e. The van der Waals surface area contributed by atoms with Crippen molar-refractivity contribution in [1.82, 2.24) is 41.0 Å². The molecule has 6 amide bonds. The van der Waals surface area contributed by atoms with Gasteiger partial charge in [0.1, 0.15) is 30.2 Å². The van der Waals surface area contributed by atoms with E-state index < -0.39 is 92.3 Å². The number of nitrogens with zero attached hydrogens (tertiary/aromatic N) is 3. The third kappa shape index (κ3) is 12.3. The summed E-state index contributed by atoms with van der Waals surface area (Å²) in [7, 11) is -5.12. The average Bonchev–Trinajstić information content (AvgIpc) is 3.86. The summed E-state index contributed by atoms with van der Waals surface area (Å²) in [6.45, 7) is 5.53. The number of hydrogen-bond acceptors (Lipinski definition) is 11. The molecule has 53 heavy (non-hydrogen) atoms.